The molecule has 1 aliphatic heterocycles. The van der Waals surface area contributed by atoms with Crippen molar-refractivity contribution < 1.29 is 0 Å². The van der Waals surface area contributed by atoms with Crippen LogP contribution in [0.4, 0.5) is 5.82 Å². The number of hydrogen-bond donors (Lipinski definition) is 2. The summed E-state index contributed by atoms with van der Waals surface area (Å²) in [4.78, 5) is 2.20. The lowest BCUT2D eigenvalue weighted by atomic mass is 10.1. The molecule has 6 heteroatoms. The van der Waals surface area contributed by atoms with Crippen molar-refractivity contribution in [1.82, 2.24) is 10.2 Å². The van der Waals surface area contributed by atoms with Crippen LogP contribution in [0.25, 0.3) is 11.3 Å². The molecule has 3 rings (SSSR count). The van der Waals surface area contributed by atoms with Crippen LogP contribution >= 0.6 is 23.2 Å². The van der Waals surface area contributed by atoms with E-state index < -0.39 is 0 Å². The number of benzene rings is 1. The summed E-state index contributed by atoms with van der Waals surface area (Å²) in [5.41, 5.74) is 7.73. The van der Waals surface area contributed by atoms with Crippen molar-refractivity contribution in [2.24, 2.45) is 5.73 Å². The second-order valence-electron chi connectivity index (χ2n) is 5.09. The standard InChI is InChI=1S/C14H16Cl2N4/c15-11-5-1-4-10(14(11)16)12-7-13(19-18-12)20-6-2-3-9(17)8-20/h1,4-5,7,9H,2-3,6,8,17H2,(H,18,19). The van der Waals surface area contributed by atoms with E-state index in [-0.39, 0.29) is 6.04 Å². The highest BCUT2D eigenvalue weighted by Crippen LogP contribution is 2.33. The van der Waals surface area contributed by atoms with Crippen molar-refractivity contribution in [1.29, 1.82) is 0 Å². The second-order valence-corrected chi connectivity index (χ2v) is 5.87. The first kappa shape index (κ1) is 13.7. The number of nitrogens with zero attached hydrogens (tertiary/aromatic N) is 2. The lowest BCUT2D eigenvalue weighted by Crippen LogP contribution is -2.43. The molecular weight excluding hydrogens is 295 g/mol. The Morgan fingerprint density at radius 1 is 1.35 bits per heavy atom. The first-order valence-corrected chi connectivity index (χ1v) is 7.41. The third-order valence-corrected chi connectivity index (χ3v) is 4.41. The van der Waals surface area contributed by atoms with E-state index in [1.54, 1.807) is 6.07 Å². The van der Waals surface area contributed by atoms with Gasteiger partial charge in [-0.15, -0.1) is 0 Å². The Kier molecular flexibility index (Phi) is 3.87. The summed E-state index contributed by atoms with van der Waals surface area (Å²) in [6.07, 6.45) is 2.18. The molecule has 4 nitrogen and oxygen atoms in total. The molecule has 106 valence electrons. The van der Waals surface area contributed by atoms with Gasteiger partial charge in [-0.1, -0.05) is 35.3 Å². The highest BCUT2D eigenvalue weighted by atomic mass is 35.5. The summed E-state index contributed by atoms with van der Waals surface area (Å²) in [5, 5.41) is 8.48. The maximum atomic E-state index is 6.23. The monoisotopic (exact) mass is 310 g/mol. The van der Waals surface area contributed by atoms with Gasteiger partial charge < -0.3 is 10.6 Å². The molecule has 1 aromatic carbocycles. The van der Waals surface area contributed by atoms with E-state index in [1.807, 2.05) is 18.2 Å². The van der Waals surface area contributed by atoms with Crippen molar-refractivity contribution in [2.75, 3.05) is 18.0 Å². The largest absolute Gasteiger partial charge is 0.354 e. The molecule has 0 bridgehead atoms. The van der Waals surface area contributed by atoms with E-state index in [0.29, 0.717) is 10.0 Å². The van der Waals surface area contributed by atoms with Crippen LogP contribution in [0.5, 0.6) is 0 Å². The van der Waals surface area contributed by atoms with Crippen LogP contribution in [0, 0.1) is 0 Å². The van der Waals surface area contributed by atoms with Crippen molar-refractivity contribution >= 4 is 29.0 Å². The summed E-state index contributed by atoms with van der Waals surface area (Å²) in [6.45, 7) is 1.83. The van der Waals surface area contributed by atoms with Crippen molar-refractivity contribution in [3.05, 3.63) is 34.3 Å². The normalized spacial score (nSPS) is 19.4. The zero-order chi connectivity index (χ0) is 14.1. The third-order valence-electron chi connectivity index (χ3n) is 3.59. The topological polar surface area (TPSA) is 57.9 Å². The Balaban J connectivity index is 1.88. The summed E-state index contributed by atoms with van der Waals surface area (Å²) in [6, 6.07) is 7.79. The lowest BCUT2D eigenvalue weighted by molar-refractivity contribution is 0.503. The second kappa shape index (κ2) is 5.64. The van der Waals surface area contributed by atoms with Gasteiger partial charge in [0.15, 0.2) is 5.82 Å². The molecule has 0 aliphatic carbocycles. The number of rotatable bonds is 2. The highest BCUT2D eigenvalue weighted by Gasteiger charge is 2.19. The number of halogens is 2. The Bertz CT molecular complexity index is 611. The molecule has 1 saturated heterocycles. The predicted molar refractivity (Wildman–Crippen MR) is 83.5 cm³/mol. The molecule has 2 aromatic rings. The van der Waals surface area contributed by atoms with Gasteiger partial charge in [0.25, 0.3) is 0 Å². The van der Waals surface area contributed by atoms with Crippen LogP contribution in [0.3, 0.4) is 0 Å². The Morgan fingerprint density at radius 3 is 3.00 bits per heavy atom. The number of nitrogens with two attached hydrogens (primary N) is 1. The molecule has 3 N–H and O–H groups in total. The first-order chi connectivity index (χ1) is 9.65. The Labute approximate surface area is 127 Å². The fourth-order valence-corrected chi connectivity index (χ4v) is 2.94. The van der Waals surface area contributed by atoms with Gasteiger partial charge in [-0.2, -0.15) is 5.10 Å². The molecule has 1 atom stereocenters. The van der Waals surface area contributed by atoms with E-state index in [1.165, 1.54) is 0 Å². The van der Waals surface area contributed by atoms with Crippen LogP contribution < -0.4 is 10.6 Å². The van der Waals surface area contributed by atoms with Crippen LogP contribution in [0.2, 0.25) is 10.0 Å². The quantitative estimate of drug-likeness (QED) is 0.894. The fraction of sp³-hybridized carbons (Fsp3) is 0.357. The molecule has 1 unspecified atom stereocenters. The minimum Gasteiger partial charge on any atom is -0.354 e. The lowest BCUT2D eigenvalue weighted by Gasteiger charge is -2.30. The molecule has 20 heavy (non-hydrogen) atoms. The average Bonchev–Trinajstić information content (AvgIpc) is 2.91. The van der Waals surface area contributed by atoms with E-state index in [9.17, 15) is 0 Å². The predicted octanol–water partition coefficient (Wildman–Crippen LogP) is 3.31. The van der Waals surface area contributed by atoms with Crippen LogP contribution in [-0.2, 0) is 0 Å². The summed E-state index contributed by atoms with van der Waals surface area (Å²) >= 11 is 12.3. The van der Waals surface area contributed by atoms with Gasteiger partial charge in [0.05, 0.1) is 15.7 Å². The minimum atomic E-state index is 0.221. The van der Waals surface area contributed by atoms with E-state index in [0.717, 1.165) is 43.0 Å². The maximum Gasteiger partial charge on any atom is 0.151 e. The van der Waals surface area contributed by atoms with E-state index in [4.69, 9.17) is 28.9 Å². The first-order valence-electron chi connectivity index (χ1n) is 6.65. The van der Waals surface area contributed by atoms with Crippen LogP contribution in [0.1, 0.15) is 12.8 Å². The zero-order valence-corrected chi connectivity index (χ0v) is 12.5. The molecule has 1 aliphatic rings. The van der Waals surface area contributed by atoms with Gasteiger partial charge >= 0.3 is 0 Å². The number of aromatic nitrogens is 2. The molecule has 1 aromatic heterocycles. The minimum absolute atomic E-state index is 0.221. The molecular formula is C14H16Cl2N4. The smallest absolute Gasteiger partial charge is 0.151 e. The van der Waals surface area contributed by atoms with Gasteiger partial charge in [-0.25, -0.2) is 0 Å². The summed E-state index contributed by atoms with van der Waals surface area (Å²) in [5.74, 6) is 0.909. The van der Waals surface area contributed by atoms with Gasteiger partial charge in [-0.3, -0.25) is 5.10 Å². The number of anilines is 1. The molecule has 0 amide bonds. The number of H-pyrrole nitrogens is 1. The van der Waals surface area contributed by atoms with Gasteiger partial charge in [-0.05, 0) is 18.9 Å². The van der Waals surface area contributed by atoms with Gasteiger partial charge in [0, 0.05) is 30.8 Å². The maximum absolute atomic E-state index is 6.23. The van der Waals surface area contributed by atoms with Gasteiger partial charge in [0.2, 0.25) is 0 Å². The van der Waals surface area contributed by atoms with Gasteiger partial charge in [0.1, 0.15) is 0 Å². The number of nitrogens with one attached hydrogen (secondary N) is 1. The number of hydrogen-bond acceptors (Lipinski definition) is 3. The molecule has 0 spiro atoms. The highest BCUT2D eigenvalue weighted by molar-refractivity contribution is 6.43. The third kappa shape index (κ3) is 2.64. The van der Waals surface area contributed by atoms with Crippen LogP contribution in [-0.4, -0.2) is 29.3 Å². The SMILES string of the molecule is NC1CCCN(c2cc(-c3cccc(Cl)c3Cl)[nH]n2)C1. The Hall–Kier alpha value is -1.23. The Morgan fingerprint density at radius 2 is 2.20 bits per heavy atom. The van der Waals surface area contributed by atoms with E-state index >= 15 is 0 Å². The fourth-order valence-electron chi connectivity index (χ4n) is 2.54. The molecule has 0 saturated carbocycles. The van der Waals surface area contributed by atoms with Crippen molar-refractivity contribution in [3.63, 3.8) is 0 Å². The summed E-state index contributed by atoms with van der Waals surface area (Å²) in [7, 11) is 0. The van der Waals surface area contributed by atoms with Crippen LogP contribution in [0.15, 0.2) is 24.3 Å². The van der Waals surface area contributed by atoms with Crippen molar-refractivity contribution in [3.8, 4) is 11.3 Å². The zero-order valence-electron chi connectivity index (χ0n) is 10.9. The van der Waals surface area contributed by atoms with Crippen molar-refractivity contribution in [2.45, 2.75) is 18.9 Å². The molecule has 1 fully saturated rings. The summed E-state index contributed by atoms with van der Waals surface area (Å²) < 4.78 is 0. The number of piperidine rings is 1. The molecule has 2 heterocycles. The average molecular weight is 311 g/mol. The number of aromatic amines is 1. The van der Waals surface area contributed by atoms with E-state index in [2.05, 4.69) is 15.1 Å². The molecule has 0 radical (unpaired) electrons.